The number of allylic oxidation sites excluding steroid dienone is 1. The molecule has 1 radical (unpaired) electrons. The van der Waals surface area contributed by atoms with Crippen molar-refractivity contribution in [2.24, 2.45) is 0 Å². The van der Waals surface area contributed by atoms with Gasteiger partial charge < -0.3 is 0 Å². The first-order chi connectivity index (χ1) is 11.5. The maximum absolute atomic E-state index is 3.82. The molecule has 0 nitrogen and oxygen atoms in total. The minimum absolute atomic E-state index is 1.25. The van der Waals surface area contributed by atoms with Crippen molar-refractivity contribution in [2.45, 2.75) is 20.0 Å². The first-order valence-corrected chi connectivity index (χ1v) is 12.2. The quantitative estimate of drug-likeness (QED) is 0.442. The Bertz CT molecular complexity index is 1070. The molecular formula is C22H18BrSi. The Morgan fingerprint density at radius 2 is 1.67 bits per heavy atom. The van der Waals surface area contributed by atoms with Crippen LogP contribution in [0.1, 0.15) is 18.1 Å². The number of hydrogen-bond donors (Lipinski definition) is 0. The van der Waals surface area contributed by atoms with Gasteiger partial charge in [-0.15, -0.1) is 0 Å². The Morgan fingerprint density at radius 1 is 0.917 bits per heavy atom. The molecule has 5 rings (SSSR count). The Labute approximate surface area is 152 Å². The summed E-state index contributed by atoms with van der Waals surface area (Å²) in [5, 5.41) is 5.90. The van der Waals surface area contributed by atoms with E-state index in [4.69, 9.17) is 0 Å². The highest BCUT2D eigenvalue weighted by Crippen LogP contribution is 2.52. The van der Waals surface area contributed by atoms with E-state index < -0.39 is 8.07 Å². The molecule has 117 valence electrons. The summed E-state index contributed by atoms with van der Waals surface area (Å²) >= 11 is 3.82. The molecule has 2 aliphatic rings. The normalized spacial score (nSPS) is 17.2. The lowest BCUT2D eigenvalue weighted by molar-refractivity contribution is 1.42. The number of rotatable bonds is 1. The van der Waals surface area contributed by atoms with Gasteiger partial charge in [-0.1, -0.05) is 77.1 Å². The molecule has 3 aromatic carbocycles. The fourth-order valence-electron chi connectivity index (χ4n) is 4.71. The number of halogens is 1. The van der Waals surface area contributed by atoms with Crippen molar-refractivity contribution in [2.75, 3.05) is 0 Å². The molecule has 0 amide bonds. The molecule has 0 saturated carbocycles. The van der Waals surface area contributed by atoms with Gasteiger partial charge in [0.15, 0.2) is 0 Å². The zero-order chi connectivity index (χ0) is 16.6. The molecule has 1 aliphatic heterocycles. The molecule has 2 heteroatoms. The average molecular weight is 390 g/mol. The van der Waals surface area contributed by atoms with E-state index in [1.54, 1.807) is 10.4 Å². The van der Waals surface area contributed by atoms with Crippen LogP contribution in [-0.4, -0.2) is 8.07 Å². The second-order valence-corrected chi connectivity index (χ2v) is 12.6. The predicted molar refractivity (Wildman–Crippen MR) is 110 cm³/mol. The Kier molecular flexibility index (Phi) is 2.88. The van der Waals surface area contributed by atoms with Crippen LogP contribution in [0.15, 0.2) is 58.6 Å². The van der Waals surface area contributed by atoms with Crippen LogP contribution < -0.4 is 5.19 Å². The molecule has 0 atom stereocenters. The molecule has 0 N–H and O–H groups in total. The van der Waals surface area contributed by atoms with E-state index in [1.165, 1.54) is 43.1 Å². The molecule has 0 saturated heterocycles. The highest BCUT2D eigenvalue weighted by atomic mass is 79.9. The highest BCUT2D eigenvalue weighted by Gasteiger charge is 2.46. The van der Waals surface area contributed by atoms with E-state index in [0.29, 0.717) is 0 Å². The van der Waals surface area contributed by atoms with E-state index in [-0.39, 0.29) is 0 Å². The number of hydrogen-bond acceptors (Lipinski definition) is 0. The largest absolute Gasteiger partial charge is 0.113 e. The lowest BCUT2D eigenvalue weighted by Gasteiger charge is -2.21. The van der Waals surface area contributed by atoms with Crippen molar-refractivity contribution in [3.8, 4) is 11.1 Å². The van der Waals surface area contributed by atoms with Crippen LogP contribution in [0.5, 0.6) is 0 Å². The van der Waals surface area contributed by atoms with Crippen LogP contribution >= 0.6 is 15.9 Å². The fourth-order valence-corrected chi connectivity index (χ4v) is 9.06. The van der Waals surface area contributed by atoms with Gasteiger partial charge in [-0.25, -0.2) is 0 Å². The van der Waals surface area contributed by atoms with Gasteiger partial charge in [0, 0.05) is 10.9 Å². The van der Waals surface area contributed by atoms with Crippen molar-refractivity contribution in [3.63, 3.8) is 0 Å². The van der Waals surface area contributed by atoms with E-state index in [9.17, 15) is 0 Å². The van der Waals surface area contributed by atoms with Crippen LogP contribution in [0.25, 0.3) is 27.1 Å². The standard InChI is InChI=1S/C22H18BrSi/c1-13-11-17-18(23)12-19-20(21(17)22(13)24(19,2)3)16-10-6-8-14-7-4-5-9-15(14)16/h4-12H,1-3H3. The summed E-state index contributed by atoms with van der Waals surface area (Å²) in [7, 11) is -1.63. The second-order valence-electron chi connectivity index (χ2n) is 7.42. The highest BCUT2D eigenvalue weighted by molar-refractivity contribution is 9.10. The minimum atomic E-state index is -1.63. The van der Waals surface area contributed by atoms with Crippen LogP contribution in [0.4, 0.5) is 0 Å². The summed E-state index contributed by atoms with van der Waals surface area (Å²) in [5.74, 6) is 0. The van der Waals surface area contributed by atoms with Gasteiger partial charge in [0.25, 0.3) is 0 Å². The summed E-state index contributed by atoms with van der Waals surface area (Å²) in [6.07, 6.45) is 2.38. The van der Waals surface area contributed by atoms with Crippen LogP contribution in [-0.2, 0) is 0 Å². The fraction of sp³-hybridized carbons (Fsp3) is 0.136. The predicted octanol–water partition coefficient (Wildman–Crippen LogP) is 6.08. The van der Waals surface area contributed by atoms with Gasteiger partial charge in [-0.05, 0) is 56.4 Å². The zero-order valence-electron chi connectivity index (χ0n) is 14.1. The Morgan fingerprint density at radius 3 is 2.50 bits per heavy atom. The summed E-state index contributed by atoms with van der Waals surface area (Å²) in [6, 6.07) is 17.9. The van der Waals surface area contributed by atoms with E-state index in [2.05, 4.69) is 90.9 Å². The van der Waals surface area contributed by atoms with Gasteiger partial charge in [-0.2, -0.15) is 0 Å². The van der Waals surface area contributed by atoms with Gasteiger partial charge in [0.05, 0.1) is 0 Å². The number of fused-ring (bicyclic) bond motifs is 2. The molecule has 24 heavy (non-hydrogen) atoms. The monoisotopic (exact) mass is 389 g/mol. The van der Waals surface area contributed by atoms with Gasteiger partial charge in [-0.3, -0.25) is 0 Å². The molecule has 0 unspecified atom stereocenters. The summed E-state index contributed by atoms with van der Waals surface area (Å²) in [5.41, 5.74) is 7.24. The summed E-state index contributed by atoms with van der Waals surface area (Å²) in [4.78, 5) is 0. The van der Waals surface area contributed by atoms with Crippen LogP contribution in [0.2, 0.25) is 13.1 Å². The van der Waals surface area contributed by atoms with Gasteiger partial charge >= 0.3 is 0 Å². The molecule has 2 bridgehead atoms. The van der Waals surface area contributed by atoms with Crippen molar-refractivity contribution >= 4 is 45.2 Å². The molecule has 3 aromatic rings. The maximum atomic E-state index is 3.82. The minimum Gasteiger partial charge on any atom is -0.0645 e. The maximum Gasteiger partial charge on any atom is 0.113 e. The SMILES string of the molecule is CC1=C2c3c(c(Br)cc(c3-c3cccc4ccccc34)[Si]2(C)C)[CH]1. The third kappa shape index (κ3) is 1.68. The number of benzene rings is 3. The molecule has 0 fully saturated rings. The van der Waals surface area contributed by atoms with E-state index in [0.717, 1.165) is 0 Å². The van der Waals surface area contributed by atoms with Crippen molar-refractivity contribution in [3.05, 3.63) is 76.1 Å². The first kappa shape index (κ1) is 14.7. The van der Waals surface area contributed by atoms with E-state index in [1.807, 2.05) is 0 Å². The molecule has 1 aliphatic carbocycles. The zero-order valence-corrected chi connectivity index (χ0v) is 16.7. The Balaban J connectivity index is 1.96. The third-order valence-electron chi connectivity index (χ3n) is 5.68. The first-order valence-electron chi connectivity index (χ1n) is 8.42. The summed E-state index contributed by atoms with van der Waals surface area (Å²) < 4.78 is 1.25. The van der Waals surface area contributed by atoms with Gasteiger partial charge in [0.1, 0.15) is 8.07 Å². The lowest BCUT2D eigenvalue weighted by atomic mass is 9.93. The van der Waals surface area contributed by atoms with Crippen molar-refractivity contribution in [1.82, 2.24) is 0 Å². The third-order valence-corrected chi connectivity index (χ3v) is 9.97. The molecular weight excluding hydrogens is 372 g/mol. The van der Waals surface area contributed by atoms with Crippen LogP contribution in [0, 0.1) is 6.42 Å². The topological polar surface area (TPSA) is 0 Å². The van der Waals surface area contributed by atoms with Crippen molar-refractivity contribution in [1.29, 1.82) is 0 Å². The van der Waals surface area contributed by atoms with Crippen LogP contribution in [0.3, 0.4) is 0 Å². The summed E-state index contributed by atoms with van der Waals surface area (Å²) in [6.45, 7) is 7.28. The Hall–Kier alpha value is -1.64. The van der Waals surface area contributed by atoms with E-state index >= 15 is 0 Å². The smallest absolute Gasteiger partial charge is 0.0645 e. The second kappa shape index (κ2) is 4.71. The van der Waals surface area contributed by atoms with Gasteiger partial charge in [0.2, 0.25) is 0 Å². The van der Waals surface area contributed by atoms with Crippen molar-refractivity contribution < 1.29 is 0 Å². The average Bonchev–Trinajstić information content (AvgIpc) is 3.00. The molecule has 1 heterocycles. The lowest BCUT2D eigenvalue weighted by Crippen LogP contribution is -2.39. The molecule has 0 spiro atoms. The molecule has 0 aromatic heterocycles.